The van der Waals surface area contributed by atoms with Crippen molar-refractivity contribution < 1.29 is 19.4 Å². The van der Waals surface area contributed by atoms with Gasteiger partial charge in [0.05, 0.1) is 24.8 Å². The van der Waals surface area contributed by atoms with Crippen molar-refractivity contribution in [3.63, 3.8) is 0 Å². The number of hydrogen-bond donors (Lipinski definition) is 4. The van der Waals surface area contributed by atoms with E-state index in [1.165, 1.54) is 7.11 Å². The van der Waals surface area contributed by atoms with E-state index in [1.807, 2.05) is 25.1 Å². The van der Waals surface area contributed by atoms with Crippen molar-refractivity contribution >= 4 is 34.8 Å². The number of aliphatic hydroxyl groups excluding tert-OH is 1. The summed E-state index contributed by atoms with van der Waals surface area (Å²) in [7, 11) is 1.50. The van der Waals surface area contributed by atoms with Crippen LogP contribution >= 0.6 is 11.6 Å². The summed E-state index contributed by atoms with van der Waals surface area (Å²) in [6.07, 6.45) is -0.435. The largest absolute Gasteiger partial charge is 0.495 e. The Bertz CT molecular complexity index is 1030. The van der Waals surface area contributed by atoms with Gasteiger partial charge in [-0.25, -0.2) is 0 Å². The smallest absolute Gasteiger partial charge is 0.250 e. The van der Waals surface area contributed by atoms with Crippen LogP contribution in [-0.2, 0) is 15.1 Å². The Kier molecular flexibility index (Phi) is 5.22. The van der Waals surface area contributed by atoms with Crippen molar-refractivity contribution in [3.05, 3.63) is 52.5 Å². The van der Waals surface area contributed by atoms with Crippen LogP contribution in [0.4, 0.5) is 11.4 Å². The minimum Gasteiger partial charge on any atom is -0.495 e. The molecule has 158 valence electrons. The van der Waals surface area contributed by atoms with Gasteiger partial charge in [0.1, 0.15) is 11.3 Å². The Labute approximate surface area is 179 Å². The number of rotatable bonds is 4. The zero-order valence-corrected chi connectivity index (χ0v) is 17.7. The summed E-state index contributed by atoms with van der Waals surface area (Å²) in [6, 6.07) is 10.2. The number of carbonyl (C=O) groups excluding carboxylic acids is 2. The molecule has 1 saturated heterocycles. The second-order valence-corrected chi connectivity index (χ2v) is 8.36. The third kappa shape index (κ3) is 3.23. The number of carbonyl (C=O) groups is 2. The molecule has 0 bridgehead atoms. The molecule has 2 heterocycles. The minimum absolute atomic E-state index is 0.299. The summed E-state index contributed by atoms with van der Waals surface area (Å²) in [4.78, 5) is 26.7. The van der Waals surface area contributed by atoms with Gasteiger partial charge in [0, 0.05) is 22.3 Å². The van der Waals surface area contributed by atoms with Gasteiger partial charge < -0.3 is 20.5 Å². The Hall–Kier alpha value is -2.61. The van der Waals surface area contributed by atoms with Gasteiger partial charge in [0.25, 0.3) is 0 Å². The van der Waals surface area contributed by atoms with Crippen LogP contribution in [0.25, 0.3) is 0 Å². The van der Waals surface area contributed by atoms with E-state index in [2.05, 4.69) is 16.0 Å². The number of amides is 2. The highest BCUT2D eigenvalue weighted by Crippen LogP contribution is 2.48. The van der Waals surface area contributed by atoms with Crippen LogP contribution in [0.5, 0.6) is 5.75 Å². The number of benzene rings is 2. The van der Waals surface area contributed by atoms with Crippen LogP contribution in [0.1, 0.15) is 24.5 Å². The van der Waals surface area contributed by atoms with Gasteiger partial charge in [0.2, 0.25) is 11.8 Å². The van der Waals surface area contributed by atoms with E-state index < -0.39 is 23.6 Å². The number of aryl methyl sites for hydroxylation is 1. The van der Waals surface area contributed by atoms with E-state index in [4.69, 9.17) is 16.3 Å². The lowest BCUT2D eigenvalue weighted by Gasteiger charge is -2.29. The maximum Gasteiger partial charge on any atom is 0.250 e. The predicted molar refractivity (Wildman–Crippen MR) is 115 cm³/mol. The molecule has 2 amide bonds. The summed E-state index contributed by atoms with van der Waals surface area (Å²) < 4.78 is 5.33. The van der Waals surface area contributed by atoms with E-state index >= 15 is 0 Å². The molecule has 4 atom stereocenters. The molecule has 2 aromatic carbocycles. The summed E-state index contributed by atoms with van der Waals surface area (Å²) in [5, 5.41) is 19.7. The first-order chi connectivity index (χ1) is 14.3. The number of hydrogen-bond acceptors (Lipinski definition) is 5. The van der Waals surface area contributed by atoms with Gasteiger partial charge in [0.15, 0.2) is 0 Å². The molecule has 0 radical (unpaired) electrons. The summed E-state index contributed by atoms with van der Waals surface area (Å²) in [5.41, 5.74) is 1.52. The molecular formula is C22H24ClN3O4. The fraction of sp³-hybridized carbons (Fsp3) is 0.364. The van der Waals surface area contributed by atoms with Crippen LogP contribution in [0.2, 0.25) is 5.02 Å². The maximum atomic E-state index is 13.5. The normalized spacial score (nSPS) is 25.7. The molecule has 4 N–H and O–H groups in total. The molecule has 0 aromatic heterocycles. The second kappa shape index (κ2) is 7.58. The van der Waals surface area contributed by atoms with Crippen molar-refractivity contribution in [1.29, 1.82) is 0 Å². The van der Waals surface area contributed by atoms with Gasteiger partial charge in [-0.1, -0.05) is 29.3 Å². The first-order valence-corrected chi connectivity index (χ1v) is 10.2. The zero-order valence-electron chi connectivity index (χ0n) is 17.0. The molecule has 0 saturated carbocycles. The van der Waals surface area contributed by atoms with Crippen molar-refractivity contribution in [2.45, 2.75) is 38.0 Å². The quantitative estimate of drug-likeness (QED) is 0.599. The highest BCUT2D eigenvalue weighted by Gasteiger charge is 2.60. The first kappa shape index (κ1) is 20.7. The lowest BCUT2D eigenvalue weighted by atomic mass is 9.79. The molecule has 0 aliphatic carbocycles. The van der Waals surface area contributed by atoms with Crippen LogP contribution in [-0.4, -0.2) is 36.2 Å². The SMILES string of the molecule is COc1ccc(Cl)cc1NC(=O)[C@H]1C[C@H]([C@H](C)O)N[C@]12C(=O)Nc1ccc(C)cc12. The lowest BCUT2D eigenvalue weighted by Crippen LogP contribution is -2.53. The number of methoxy groups -OCH3 is 1. The highest BCUT2D eigenvalue weighted by atomic mass is 35.5. The van der Waals surface area contributed by atoms with E-state index in [9.17, 15) is 14.7 Å². The monoisotopic (exact) mass is 429 g/mol. The number of nitrogens with one attached hydrogen (secondary N) is 3. The zero-order chi connectivity index (χ0) is 21.6. The van der Waals surface area contributed by atoms with E-state index in [-0.39, 0.29) is 11.8 Å². The number of fused-ring (bicyclic) bond motifs is 2. The van der Waals surface area contributed by atoms with Crippen molar-refractivity contribution in [2.24, 2.45) is 5.92 Å². The summed E-state index contributed by atoms with van der Waals surface area (Å²) >= 11 is 6.09. The molecule has 2 aliphatic rings. The highest BCUT2D eigenvalue weighted by molar-refractivity contribution is 6.31. The third-order valence-corrected chi connectivity index (χ3v) is 6.18. The van der Waals surface area contributed by atoms with Crippen LogP contribution in [0, 0.1) is 12.8 Å². The average Bonchev–Trinajstić information content (AvgIpc) is 3.23. The molecule has 30 heavy (non-hydrogen) atoms. The predicted octanol–water partition coefficient (Wildman–Crippen LogP) is 2.80. The molecular weight excluding hydrogens is 406 g/mol. The van der Waals surface area contributed by atoms with Crippen LogP contribution < -0.4 is 20.7 Å². The molecule has 2 aliphatic heterocycles. The fourth-order valence-electron chi connectivity index (χ4n) is 4.43. The van der Waals surface area contributed by atoms with Gasteiger partial charge >= 0.3 is 0 Å². The number of halogens is 1. The second-order valence-electron chi connectivity index (χ2n) is 7.92. The topological polar surface area (TPSA) is 99.7 Å². The minimum atomic E-state index is -1.26. The fourth-order valence-corrected chi connectivity index (χ4v) is 4.60. The maximum absolute atomic E-state index is 13.5. The van der Waals surface area contributed by atoms with Crippen LogP contribution in [0.3, 0.4) is 0 Å². The van der Waals surface area contributed by atoms with Crippen LogP contribution in [0.15, 0.2) is 36.4 Å². The van der Waals surface area contributed by atoms with Gasteiger partial charge in [-0.05, 0) is 44.5 Å². The average molecular weight is 430 g/mol. The van der Waals surface area contributed by atoms with Crippen molar-refractivity contribution in [2.75, 3.05) is 17.7 Å². The number of anilines is 2. The Balaban J connectivity index is 1.76. The van der Waals surface area contributed by atoms with E-state index in [0.717, 1.165) is 5.56 Å². The van der Waals surface area contributed by atoms with Gasteiger partial charge in [-0.2, -0.15) is 0 Å². The molecule has 2 aromatic rings. The van der Waals surface area contributed by atoms with Crippen molar-refractivity contribution in [1.82, 2.24) is 5.32 Å². The van der Waals surface area contributed by atoms with Crippen molar-refractivity contribution in [3.8, 4) is 5.75 Å². The lowest BCUT2D eigenvalue weighted by molar-refractivity contribution is -0.130. The number of aliphatic hydroxyl groups is 1. The Morgan fingerprint density at radius 2 is 2.10 bits per heavy atom. The van der Waals surface area contributed by atoms with E-state index in [0.29, 0.717) is 34.1 Å². The Morgan fingerprint density at radius 1 is 1.33 bits per heavy atom. The number of ether oxygens (including phenoxy) is 1. The van der Waals surface area contributed by atoms with Gasteiger partial charge in [-0.3, -0.25) is 14.9 Å². The van der Waals surface area contributed by atoms with Gasteiger partial charge in [-0.15, -0.1) is 0 Å². The molecule has 1 spiro atoms. The Morgan fingerprint density at radius 3 is 2.80 bits per heavy atom. The molecule has 1 fully saturated rings. The summed E-state index contributed by atoms with van der Waals surface area (Å²) in [6.45, 7) is 3.58. The standard InChI is InChI=1S/C22H24ClN3O4/c1-11-4-6-16-14(8-11)22(21(29)25-16)15(10-17(26-22)12(2)27)20(28)24-18-9-13(23)5-7-19(18)30-3/h4-9,12,15,17,26-27H,10H2,1-3H3,(H,24,28)(H,25,29)/t12-,15+,17+,22-/m0/s1. The molecule has 7 nitrogen and oxygen atoms in total. The first-order valence-electron chi connectivity index (χ1n) is 9.79. The van der Waals surface area contributed by atoms with E-state index in [1.54, 1.807) is 25.1 Å². The summed E-state index contributed by atoms with van der Waals surface area (Å²) in [5.74, 6) is -0.934. The molecule has 8 heteroatoms. The molecule has 4 rings (SSSR count). The molecule has 0 unspecified atom stereocenters. The third-order valence-electron chi connectivity index (χ3n) is 5.95.